The van der Waals surface area contributed by atoms with Crippen molar-refractivity contribution < 1.29 is 0 Å². The van der Waals surface area contributed by atoms with E-state index in [1.807, 2.05) is 0 Å². The average molecular weight is 489 g/mol. The quantitative estimate of drug-likeness (QED) is 0.297. The van der Waals surface area contributed by atoms with Crippen LogP contribution in [0.3, 0.4) is 0 Å². The molecule has 0 aromatic carbocycles. The van der Waals surface area contributed by atoms with E-state index in [1.54, 1.807) is 11.3 Å². The number of nitrogens with one attached hydrogen (secondary N) is 1. The van der Waals surface area contributed by atoms with E-state index in [2.05, 4.69) is 55.0 Å². The first kappa shape index (κ1) is 21.6. The molecule has 1 aromatic heterocycles. The van der Waals surface area contributed by atoms with E-state index < -0.39 is 0 Å². The molecule has 3 heterocycles. The van der Waals surface area contributed by atoms with Crippen molar-refractivity contribution in [3.05, 3.63) is 27.7 Å². The highest BCUT2D eigenvalue weighted by molar-refractivity contribution is 14.0. The number of aromatic nitrogens is 1. The van der Waals surface area contributed by atoms with Gasteiger partial charge in [0.2, 0.25) is 0 Å². The molecular formula is C19H32IN5S. The largest absolute Gasteiger partial charge is 0.357 e. The van der Waals surface area contributed by atoms with Gasteiger partial charge in [-0.15, -0.1) is 35.3 Å². The summed E-state index contributed by atoms with van der Waals surface area (Å²) in [5, 5.41) is 4.59. The predicted octanol–water partition coefficient (Wildman–Crippen LogP) is 3.60. The summed E-state index contributed by atoms with van der Waals surface area (Å²) in [4.78, 5) is 16.0. The zero-order valence-electron chi connectivity index (χ0n) is 16.4. The van der Waals surface area contributed by atoms with Gasteiger partial charge < -0.3 is 10.2 Å². The molecule has 26 heavy (non-hydrogen) atoms. The molecule has 1 saturated heterocycles. The van der Waals surface area contributed by atoms with Gasteiger partial charge in [0.25, 0.3) is 0 Å². The summed E-state index contributed by atoms with van der Waals surface area (Å²) in [7, 11) is 0. The van der Waals surface area contributed by atoms with E-state index >= 15 is 0 Å². The van der Waals surface area contributed by atoms with Crippen molar-refractivity contribution in [1.29, 1.82) is 0 Å². The van der Waals surface area contributed by atoms with Crippen molar-refractivity contribution in [2.24, 2.45) is 4.99 Å². The molecule has 1 aromatic rings. The van der Waals surface area contributed by atoms with Crippen LogP contribution in [0.2, 0.25) is 0 Å². The van der Waals surface area contributed by atoms with Gasteiger partial charge in [-0.1, -0.05) is 26.0 Å². The van der Waals surface area contributed by atoms with E-state index in [0.29, 0.717) is 18.5 Å². The van der Waals surface area contributed by atoms with Crippen molar-refractivity contribution in [3.63, 3.8) is 0 Å². The predicted molar refractivity (Wildman–Crippen MR) is 122 cm³/mol. The molecular weight excluding hydrogens is 457 g/mol. The van der Waals surface area contributed by atoms with Crippen molar-refractivity contribution >= 4 is 41.3 Å². The maximum Gasteiger partial charge on any atom is 0.194 e. The van der Waals surface area contributed by atoms with E-state index in [0.717, 1.165) is 43.7 Å². The van der Waals surface area contributed by atoms with E-state index in [9.17, 15) is 0 Å². The van der Waals surface area contributed by atoms with Gasteiger partial charge in [0.15, 0.2) is 5.96 Å². The van der Waals surface area contributed by atoms with Crippen LogP contribution in [0, 0.1) is 6.92 Å². The number of hydrogen-bond donors (Lipinski definition) is 1. The van der Waals surface area contributed by atoms with Crippen LogP contribution in [-0.2, 0) is 6.54 Å². The molecule has 1 atom stereocenters. The number of aliphatic imine (C=N–C) groups is 1. The first-order valence-electron chi connectivity index (χ1n) is 9.47. The topological polar surface area (TPSA) is 43.8 Å². The van der Waals surface area contributed by atoms with Crippen molar-refractivity contribution in [2.75, 3.05) is 32.7 Å². The maximum absolute atomic E-state index is 4.89. The van der Waals surface area contributed by atoms with Gasteiger partial charge in [0.1, 0.15) is 5.01 Å². The highest BCUT2D eigenvalue weighted by Gasteiger charge is 2.29. The second-order valence-electron chi connectivity index (χ2n) is 7.19. The van der Waals surface area contributed by atoms with Crippen LogP contribution < -0.4 is 5.32 Å². The molecule has 1 unspecified atom stereocenters. The lowest BCUT2D eigenvalue weighted by Crippen LogP contribution is -2.42. The summed E-state index contributed by atoms with van der Waals surface area (Å²) in [5.41, 5.74) is 1.22. The number of thiazole rings is 1. The Morgan fingerprint density at radius 2 is 2.12 bits per heavy atom. The van der Waals surface area contributed by atoms with Crippen LogP contribution >= 0.6 is 35.3 Å². The van der Waals surface area contributed by atoms with Gasteiger partial charge in [-0.2, -0.15) is 0 Å². The Morgan fingerprint density at radius 3 is 2.73 bits per heavy atom. The van der Waals surface area contributed by atoms with E-state index in [-0.39, 0.29) is 24.0 Å². The van der Waals surface area contributed by atoms with Crippen LogP contribution in [0.15, 0.2) is 17.1 Å². The second kappa shape index (κ2) is 10.0. The number of rotatable bonds is 5. The minimum atomic E-state index is 0. The lowest BCUT2D eigenvalue weighted by molar-refractivity contribution is 0.259. The summed E-state index contributed by atoms with van der Waals surface area (Å²) in [6, 6.07) is 0.647. The molecule has 0 spiro atoms. The van der Waals surface area contributed by atoms with Crippen molar-refractivity contribution in [3.8, 4) is 0 Å². The molecule has 146 valence electrons. The third kappa shape index (κ3) is 5.19. The summed E-state index contributed by atoms with van der Waals surface area (Å²) < 4.78 is 0. The van der Waals surface area contributed by atoms with Gasteiger partial charge in [-0.3, -0.25) is 4.90 Å². The Morgan fingerprint density at radius 1 is 1.38 bits per heavy atom. The second-order valence-corrected chi connectivity index (χ2v) is 8.48. The summed E-state index contributed by atoms with van der Waals surface area (Å²) in [5.74, 6) is 1.52. The monoisotopic (exact) mass is 489 g/mol. The fraction of sp³-hybridized carbons (Fsp3) is 0.684. The van der Waals surface area contributed by atoms with Gasteiger partial charge in [0, 0.05) is 43.6 Å². The average Bonchev–Trinajstić information content (AvgIpc) is 3.31. The molecule has 0 radical (unpaired) electrons. The lowest BCUT2D eigenvalue weighted by atomic mass is 10.1. The molecule has 0 bridgehead atoms. The smallest absolute Gasteiger partial charge is 0.194 e. The Kier molecular flexibility index (Phi) is 8.35. The molecule has 2 aliphatic heterocycles. The van der Waals surface area contributed by atoms with Crippen molar-refractivity contribution in [1.82, 2.24) is 20.1 Å². The number of guanidine groups is 1. The van der Waals surface area contributed by atoms with Crippen LogP contribution in [0.1, 0.15) is 48.7 Å². The van der Waals surface area contributed by atoms with Crippen LogP contribution in [0.4, 0.5) is 0 Å². The summed E-state index contributed by atoms with van der Waals surface area (Å²) in [6.45, 7) is 14.6. The molecule has 0 amide bonds. The fourth-order valence-electron chi connectivity index (χ4n) is 3.66. The molecule has 0 aliphatic carbocycles. The molecule has 1 fully saturated rings. The van der Waals surface area contributed by atoms with E-state index in [1.165, 1.54) is 17.0 Å². The van der Waals surface area contributed by atoms with Crippen molar-refractivity contribution in [2.45, 2.75) is 52.6 Å². The SMILES string of the molecule is CCNC(=NCc1nc(C(C)C)c(C)s1)N1CCC(N2CC=CC2)C1.I. The first-order chi connectivity index (χ1) is 12.1. The number of halogens is 1. The maximum atomic E-state index is 4.89. The van der Waals surface area contributed by atoms with Gasteiger partial charge >= 0.3 is 0 Å². The Hall–Kier alpha value is -0.670. The number of nitrogens with zero attached hydrogens (tertiary/aromatic N) is 4. The van der Waals surface area contributed by atoms with Gasteiger partial charge in [0.05, 0.1) is 12.2 Å². The zero-order chi connectivity index (χ0) is 17.8. The third-order valence-corrected chi connectivity index (χ3v) is 5.92. The molecule has 3 rings (SSSR count). The number of aryl methyl sites for hydroxylation is 1. The number of likely N-dealkylation sites (tertiary alicyclic amines) is 1. The minimum absolute atomic E-state index is 0. The lowest BCUT2D eigenvalue weighted by Gasteiger charge is -2.25. The highest BCUT2D eigenvalue weighted by atomic mass is 127. The van der Waals surface area contributed by atoms with Crippen LogP contribution in [0.25, 0.3) is 0 Å². The fourth-order valence-corrected chi connectivity index (χ4v) is 4.67. The van der Waals surface area contributed by atoms with E-state index in [4.69, 9.17) is 9.98 Å². The van der Waals surface area contributed by atoms with Gasteiger partial charge in [-0.05, 0) is 26.2 Å². The Bertz CT molecular complexity index is 632. The summed E-state index contributed by atoms with van der Waals surface area (Å²) >= 11 is 1.79. The standard InChI is InChI=1S/C19H31N5S.HI/c1-5-20-19(21-12-17-22-18(14(2)3)15(4)25-17)24-11-8-16(13-24)23-9-6-7-10-23;/h6-7,14,16H,5,8-13H2,1-4H3,(H,20,21);1H. The first-order valence-corrected chi connectivity index (χ1v) is 10.3. The van der Waals surface area contributed by atoms with Crippen LogP contribution in [-0.4, -0.2) is 59.5 Å². The molecule has 1 N–H and O–H groups in total. The molecule has 5 nitrogen and oxygen atoms in total. The minimum Gasteiger partial charge on any atom is -0.357 e. The molecule has 7 heteroatoms. The Balaban J connectivity index is 0.00000243. The normalized spacial score (nSPS) is 20.9. The van der Waals surface area contributed by atoms with Crippen LogP contribution in [0.5, 0.6) is 0 Å². The number of hydrogen-bond acceptors (Lipinski definition) is 4. The summed E-state index contributed by atoms with van der Waals surface area (Å²) in [6.07, 6.45) is 5.78. The highest BCUT2D eigenvalue weighted by Crippen LogP contribution is 2.25. The third-order valence-electron chi connectivity index (χ3n) is 4.95. The zero-order valence-corrected chi connectivity index (χ0v) is 19.5. The Labute approximate surface area is 179 Å². The molecule has 0 saturated carbocycles. The van der Waals surface area contributed by atoms with Gasteiger partial charge in [-0.25, -0.2) is 9.98 Å². The molecule has 2 aliphatic rings.